The maximum absolute atomic E-state index is 9.40. The van der Waals surface area contributed by atoms with Crippen LogP contribution in [0, 0.1) is 5.41 Å². The molecule has 0 fully saturated rings. The molecule has 0 atom stereocenters. The minimum absolute atomic E-state index is 0.401. The Labute approximate surface area is 75.6 Å². The quantitative estimate of drug-likeness (QED) is 0.496. The van der Waals surface area contributed by atoms with Crippen LogP contribution in [0.25, 0.3) is 0 Å². The SMILES string of the molecule is CCCCCC(C)(C)C(C)(O)O. The lowest BCUT2D eigenvalue weighted by molar-refractivity contribution is -0.221. The Kier molecular flexibility index (Phi) is 4.21. The van der Waals surface area contributed by atoms with Gasteiger partial charge in [0.15, 0.2) is 5.79 Å². The molecule has 0 bridgehead atoms. The third kappa shape index (κ3) is 3.55. The van der Waals surface area contributed by atoms with E-state index in [2.05, 4.69) is 6.92 Å². The fourth-order valence-corrected chi connectivity index (χ4v) is 1.05. The minimum Gasteiger partial charge on any atom is -0.365 e. The van der Waals surface area contributed by atoms with Crippen LogP contribution in [0.15, 0.2) is 0 Å². The topological polar surface area (TPSA) is 40.5 Å². The van der Waals surface area contributed by atoms with E-state index in [1.807, 2.05) is 13.8 Å². The molecule has 0 aromatic rings. The lowest BCUT2D eigenvalue weighted by Crippen LogP contribution is -2.41. The molecule has 2 heteroatoms. The first kappa shape index (κ1) is 11.9. The summed E-state index contributed by atoms with van der Waals surface area (Å²) in [6.07, 6.45) is 4.27. The number of hydrogen-bond acceptors (Lipinski definition) is 2. The molecule has 0 aliphatic rings. The normalized spacial score (nSPS) is 13.5. The summed E-state index contributed by atoms with van der Waals surface area (Å²) in [7, 11) is 0. The average Bonchev–Trinajstić information content (AvgIpc) is 1.85. The van der Waals surface area contributed by atoms with Crippen molar-refractivity contribution in [2.45, 2.75) is 59.2 Å². The maximum atomic E-state index is 9.40. The zero-order valence-corrected chi connectivity index (χ0v) is 8.72. The molecule has 0 rings (SSSR count). The lowest BCUT2D eigenvalue weighted by atomic mass is 9.79. The van der Waals surface area contributed by atoms with E-state index in [1.54, 1.807) is 0 Å². The van der Waals surface area contributed by atoms with Crippen molar-refractivity contribution in [2.75, 3.05) is 0 Å². The van der Waals surface area contributed by atoms with Crippen LogP contribution in [0.2, 0.25) is 0 Å². The Morgan fingerprint density at radius 2 is 1.50 bits per heavy atom. The van der Waals surface area contributed by atoms with Gasteiger partial charge in [-0.1, -0.05) is 40.0 Å². The summed E-state index contributed by atoms with van der Waals surface area (Å²) >= 11 is 0. The van der Waals surface area contributed by atoms with Crippen molar-refractivity contribution >= 4 is 0 Å². The summed E-state index contributed by atoms with van der Waals surface area (Å²) < 4.78 is 0. The molecule has 0 aromatic carbocycles. The second-order valence-corrected chi connectivity index (χ2v) is 4.36. The molecule has 12 heavy (non-hydrogen) atoms. The van der Waals surface area contributed by atoms with Gasteiger partial charge in [0.1, 0.15) is 0 Å². The molecule has 0 saturated heterocycles. The maximum Gasteiger partial charge on any atom is 0.164 e. The highest BCUT2D eigenvalue weighted by Crippen LogP contribution is 2.33. The standard InChI is InChI=1S/C10H22O2/c1-5-6-7-8-9(2,3)10(4,11)12/h11-12H,5-8H2,1-4H3. The first-order valence-electron chi connectivity index (χ1n) is 4.76. The van der Waals surface area contributed by atoms with Crippen LogP contribution < -0.4 is 0 Å². The van der Waals surface area contributed by atoms with Crippen LogP contribution in [0.5, 0.6) is 0 Å². The summed E-state index contributed by atoms with van der Waals surface area (Å²) in [5.74, 6) is -1.55. The molecular formula is C10H22O2. The second-order valence-electron chi connectivity index (χ2n) is 4.36. The van der Waals surface area contributed by atoms with Gasteiger partial charge in [0.25, 0.3) is 0 Å². The van der Waals surface area contributed by atoms with E-state index < -0.39 is 11.2 Å². The molecule has 0 aliphatic carbocycles. The van der Waals surface area contributed by atoms with Crippen molar-refractivity contribution in [3.8, 4) is 0 Å². The van der Waals surface area contributed by atoms with Gasteiger partial charge in [-0.3, -0.25) is 0 Å². The van der Waals surface area contributed by atoms with Crippen molar-refractivity contribution in [3.05, 3.63) is 0 Å². The van der Waals surface area contributed by atoms with E-state index in [1.165, 1.54) is 19.8 Å². The molecule has 0 aliphatic heterocycles. The predicted octanol–water partition coefficient (Wildman–Crippen LogP) is 2.29. The van der Waals surface area contributed by atoms with Gasteiger partial charge in [0, 0.05) is 5.41 Å². The number of hydrogen-bond donors (Lipinski definition) is 2. The summed E-state index contributed by atoms with van der Waals surface area (Å²) in [4.78, 5) is 0. The predicted molar refractivity (Wildman–Crippen MR) is 50.8 cm³/mol. The molecule has 0 radical (unpaired) electrons. The molecule has 0 spiro atoms. The Bertz CT molecular complexity index is 122. The van der Waals surface area contributed by atoms with Crippen molar-refractivity contribution < 1.29 is 10.2 Å². The number of aliphatic hydroxyl groups is 2. The van der Waals surface area contributed by atoms with Gasteiger partial charge < -0.3 is 10.2 Å². The number of rotatable bonds is 5. The smallest absolute Gasteiger partial charge is 0.164 e. The van der Waals surface area contributed by atoms with E-state index in [9.17, 15) is 10.2 Å². The molecule has 0 unspecified atom stereocenters. The van der Waals surface area contributed by atoms with Crippen LogP contribution in [-0.2, 0) is 0 Å². The van der Waals surface area contributed by atoms with E-state index in [4.69, 9.17) is 0 Å². The summed E-state index contributed by atoms with van der Waals surface area (Å²) in [6, 6.07) is 0. The second kappa shape index (κ2) is 4.24. The largest absolute Gasteiger partial charge is 0.365 e. The highest BCUT2D eigenvalue weighted by atomic mass is 16.5. The van der Waals surface area contributed by atoms with Crippen LogP contribution in [0.3, 0.4) is 0 Å². The third-order valence-electron chi connectivity index (χ3n) is 2.69. The lowest BCUT2D eigenvalue weighted by Gasteiger charge is -2.35. The third-order valence-corrected chi connectivity index (χ3v) is 2.69. The summed E-state index contributed by atoms with van der Waals surface area (Å²) in [5, 5.41) is 18.8. The van der Waals surface area contributed by atoms with Gasteiger partial charge in [0.05, 0.1) is 0 Å². The van der Waals surface area contributed by atoms with Crippen molar-refractivity contribution in [2.24, 2.45) is 5.41 Å². The summed E-state index contributed by atoms with van der Waals surface area (Å²) in [5.41, 5.74) is -0.401. The average molecular weight is 174 g/mol. The molecule has 0 aromatic heterocycles. The Hall–Kier alpha value is -0.0800. The Morgan fingerprint density at radius 3 is 1.83 bits per heavy atom. The van der Waals surface area contributed by atoms with E-state index in [0.29, 0.717) is 0 Å². The molecule has 2 nitrogen and oxygen atoms in total. The van der Waals surface area contributed by atoms with E-state index >= 15 is 0 Å². The van der Waals surface area contributed by atoms with Crippen molar-refractivity contribution in [1.82, 2.24) is 0 Å². The highest BCUT2D eigenvalue weighted by Gasteiger charge is 2.36. The van der Waals surface area contributed by atoms with Crippen LogP contribution in [0.4, 0.5) is 0 Å². The van der Waals surface area contributed by atoms with Gasteiger partial charge in [-0.2, -0.15) is 0 Å². The van der Waals surface area contributed by atoms with Gasteiger partial charge in [0.2, 0.25) is 0 Å². The van der Waals surface area contributed by atoms with Gasteiger partial charge in [-0.25, -0.2) is 0 Å². The molecular weight excluding hydrogens is 152 g/mol. The minimum atomic E-state index is -1.55. The first-order valence-corrected chi connectivity index (χ1v) is 4.76. The zero-order valence-electron chi connectivity index (χ0n) is 8.72. The van der Waals surface area contributed by atoms with E-state index in [0.717, 1.165) is 12.8 Å². The van der Waals surface area contributed by atoms with Gasteiger partial charge in [-0.05, 0) is 13.3 Å². The first-order chi connectivity index (χ1) is 5.31. The van der Waals surface area contributed by atoms with Crippen molar-refractivity contribution in [1.29, 1.82) is 0 Å². The van der Waals surface area contributed by atoms with Gasteiger partial charge >= 0.3 is 0 Å². The molecule has 2 N–H and O–H groups in total. The molecule has 0 amide bonds. The fraction of sp³-hybridized carbons (Fsp3) is 1.00. The van der Waals surface area contributed by atoms with Crippen molar-refractivity contribution in [3.63, 3.8) is 0 Å². The highest BCUT2D eigenvalue weighted by molar-refractivity contribution is 4.79. The van der Waals surface area contributed by atoms with Crippen LogP contribution in [0.1, 0.15) is 53.4 Å². The molecule has 0 heterocycles. The molecule has 74 valence electrons. The molecule has 0 saturated carbocycles. The number of unbranched alkanes of at least 4 members (excludes halogenated alkanes) is 2. The Morgan fingerprint density at radius 1 is 1.00 bits per heavy atom. The zero-order chi connectivity index (χ0) is 9.83. The van der Waals surface area contributed by atoms with Crippen LogP contribution in [-0.4, -0.2) is 16.0 Å². The summed E-state index contributed by atoms with van der Waals surface area (Å²) in [6.45, 7) is 7.38. The monoisotopic (exact) mass is 174 g/mol. The van der Waals surface area contributed by atoms with Crippen LogP contribution >= 0.6 is 0 Å². The Balaban J connectivity index is 3.88. The van der Waals surface area contributed by atoms with Gasteiger partial charge in [-0.15, -0.1) is 0 Å². The van der Waals surface area contributed by atoms with E-state index in [-0.39, 0.29) is 0 Å². The fourth-order valence-electron chi connectivity index (χ4n) is 1.05.